The first-order valence-electron chi connectivity index (χ1n) is 7.82. The molecule has 0 saturated heterocycles. The number of nitrogens with zero attached hydrogens (tertiary/aromatic N) is 2. The highest BCUT2D eigenvalue weighted by Gasteiger charge is 2.14. The number of aromatic nitrogens is 1. The molecule has 0 fully saturated rings. The van der Waals surface area contributed by atoms with E-state index in [9.17, 15) is 5.26 Å². The van der Waals surface area contributed by atoms with Crippen LogP contribution in [0.25, 0.3) is 16.8 Å². The van der Waals surface area contributed by atoms with Gasteiger partial charge >= 0.3 is 0 Å². The second-order valence-electron chi connectivity index (χ2n) is 5.54. The number of nitriles is 1. The van der Waals surface area contributed by atoms with Gasteiger partial charge in [-0.1, -0.05) is 23.2 Å². The van der Waals surface area contributed by atoms with Gasteiger partial charge < -0.3 is 14.8 Å². The lowest BCUT2D eigenvalue weighted by Gasteiger charge is -2.03. The van der Waals surface area contributed by atoms with Crippen molar-refractivity contribution < 1.29 is 9.47 Å². The fraction of sp³-hybridized carbons (Fsp3) is 0.0526. The number of hydrogen-bond donors (Lipinski definition) is 1. The summed E-state index contributed by atoms with van der Waals surface area (Å²) in [5.41, 5.74) is 2.66. The standard InChI is InChI=1S/C19H11Cl2N3O2S/c20-12-1-3-14(15(21)5-12)16-9-27-19(24-16)11(7-22)8-23-13-2-4-17-18(6-13)26-10-25-17/h1-6,8-9,23H,10H2. The third-order valence-corrected chi connectivity index (χ3v) is 5.24. The van der Waals surface area contributed by atoms with Gasteiger partial charge in [-0.2, -0.15) is 5.26 Å². The molecule has 0 bridgehead atoms. The van der Waals surface area contributed by atoms with E-state index in [1.54, 1.807) is 18.3 Å². The van der Waals surface area contributed by atoms with E-state index in [0.717, 1.165) is 11.3 Å². The Morgan fingerprint density at radius 3 is 2.85 bits per heavy atom. The minimum Gasteiger partial charge on any atom is -0.454 e. The molecule has 1 aliphatic heterocycles. The molecule has 2 aromatic carbocycles. The maximum absolute atomic E-state index is 9.50. The second-order valence-corrected chi connectivity index (χ2v) is 7.25. The van der Waals surface area contributed by atoms with Crippen LogP contribution in [0.5, 0.6) is 11.5 Å². The minimum absolute atomic E-state index is 0.215. The van der Waals surface area contributed by atoms with Crippen molar-refractivity contribution in [2.75, 3.05) is 12.1 Å². The molecule has 134 valence electrons. The SMILES string of the molecule is N#CC(=CNc1ccc2c(c1)OCO2)c1nc(-c2ccc(Cl)cc2Cl)cs1. The lowest BCUT2D eigenvalue weighted by molar-refractivity contribution is 0.174. The minimum atomic E-state index is 0.215. The van der Waals surface area contributed by atoms with E-state index in [0.29, 0.717) is 37.8 Å². The normalized spacial score (nSPS) is 12.7. The molecule has 0 unspecified atom stereocenters. The topological polar surface area (TPSA) is 67.2 Å². The van der Waals surface area contributed by atoms with Crippen LogP contribution in [0.2, 0.25) is 10.0 Å². The van der Waals surface area contributed by atoms with Crippen LogP contribution in [0, 0.1) is 11.3 Å². The van der Waals surface area contributed by atoms with Crippen molar-refractivity contribution in [3.05, 3.63) is 63.0 Å². The lowest BCUT2D eigenvalue weighted by atomic mass is 10.2. The number of halogens is 2. The highest BCUT2D eigenvalue weighted by Crippen LogP contribution is 2.35. The number of thiazole rings is 1. The zero-order valence-corrected chi connectivity index (χ0v) is 16.0. The number of rotatable bonds is 4. The summed E-state index contributed by atoms with van der Waals surface area (Å²) in [5.74, 6) is 1.37. The number of fused-ring (bicyclic) bond motifs is 1. The predicted molar refractivity (Wildman–Crippen MR) is 107 cm³/mol. The zero-order valence-electron chi connectivity index (χ0n) is 13.7. The third kappa shape index (κ3) is 3.71. The molecule has 0 atom stereocenters. The highest BCUT2D eigenvalue weighted by atomic mass is 35.5. The van der Waals surface area contributed by atoms with Crippen molar-refractivity contribution in [1.29, 1.82) is 5.26 Å². The Bertz CT molecular complexity index is 1090. The van der Waals surface area contributed by atoms with Crippen LogP contribution in [0.4, 0.5) is 5.69 Å². The van der Waals surface area contributed by atoms with Gasteiger partial charge in [0, 0.05) is 33.9 Å². The largest absolute Gasteiger partial charge is 0.454 e. The van der Waals surface area contributed by atoms with Gasteiger partial charge in [0.1, 0.15) is 16.6 Å². The van der Waals surface area contributed by atoms with Crippen molar-refractivity contribution in [1.82, 2.24) is 4.98 Å². The highest BCUT2D eigenvalue weighted by molar-refractivity contribution is 7.11. The summed E-state index contributed by atoms with van der Waals surface area (Å²) >= 11 is 13.5. The molecular weight excluding hydrogens is 405 g/mol. The first kappa shape index (κ1) is 17.7. The Morgan fingerprint density at radius 2 is 2.04 bits per heavy atom. The monoisotopic (exact) mass is 415 g/mol. The van der Waals surface area contributed by atoms with E-state index in [1.807, 2.05) is 29.6 Å². The molecule has 1 N–H and O–H groups in total. The van der Waals surface area contributed by atoms with E-state index < -0.39 is 0 Å². The Labute approximate surface area is 169 Å². The van der Waals surface area contributed by atoms with E-state index in [4.69, 9.17) is 32.7 Å². The molecule has 27 heavy (non-hydrogen) atoms. The summed E-state index contributed by atoms with van der Waals surface area (Å²) in [6.45, 7) is 0.215. The molecule has 0 spiro atoms. The number of ether oxygens (including phenoxy) is 2. The van der Waals surface area contributed by atoms with E-state index in [2.05, 4.69) is 16.4 Å². The van der Waals surface area contributed by atoms with Gasteiger partial charge in [0.15, 0.2) is 11.5 Å². The van der Waals surface area contributed by atoms with Gasteiger partial charge in [0.05, 0.1) is 10.7 Å². The van der Waals surface area contributed by atoms with Gasteiger partial charge in [0.25, 0.3) is 0 Å². The molecule has 0 radical (unpaired) electrons. The average molecular weight is 416 g/mol. The van der Waals surface area contributed by atoms with Crippen LogP contribution < -0.4 is 14.8 Å². The zero-order chi connectivity index (χ0) is 18.8. The second kappa shape index (κ2) is 7.49. The van der Waals surface area contributed by atoms with Crippen molar-refractivity contribution >= 4 is 45.8 Å². The van der Waals surface area contributed by atoms with Crippen LogP contribution in [-0.2, 0) is 0 Å². The summed E-state index contributed by atoms with van der Waals surface area (Å²) in [7, 11) is 0. The molecule has 3 aromatic rings. The molecule has 5 nitrogen and oxygen atoms in total. The van der Waals surface area contributed by atoms with Gasteiger partial charge in [-0.15, -0.1) is 11.3 Å². The van der Waals surface area contributed by atoms with Crippen molar-refractivity contribution in [3.63, 3.8) is 0 Å². The van der Waals surface area contributed by atoms with Gasteiger partial charge in [-0.05, 0) is 30.3 Å². The molecule has 4 rings (SSSR count). The van der Waals surface area contributed by atoms with Gasteiger partial charge in [-0.3, -0.25) is 0 Å². The van der Waals surface area contributed by atoms with Crippen LogP contribution >= 0.6 is 34.5 Å². The quantitative estimate of drug-likeness (QED) is 0.543. The lowest BCUT2D eigenvalue weighted by Crippen LogP contribution is -1.93. The fourth-order valence-electron chi connectivity index (χ4n) is 2.50. The Kier molecular flexibility index (Phi) is 4.90. The number of benzene rings is 2. The van der Waals surface area contributed by atoms with Crippen LogP contribution in [-0.4, -0.2) is 11.8 Å². The van der Waals surface area contributed by atoms with Crippen molar-refractivity contribution in [2.45, 2.75) is 0 Å². The maximum Gasteiger partial charge on any atom is 0.231 e. The summed E-state index contributed by atoms with van der Waals surface area (Å²) in [4.78, 5) is 4.53. The summed E-state index contributed by atoms with van der Waals surface area (Å²) in [6, 6.07) is 12.9. The van der Waals surface area contributed by atoms with Crippen LogP contribution in [0.1, 0.15) is 5.01 Å². The smallest absolute Gasteiger partial charge is 0.231 e. The summed E-state index contributed by atoms with van der Waals surface area (Å²) in [6.07, 6.45) is 1.61. The molecule has 1 aliphatic rings. The molecule has 2 heterocycles. The van der Waals surface area contributed by atoms with Crippen molar-refractivity contribution in [2.24, 2.45) is 0 Å². The Hall–Kier alpha value is -2.72. The Morgan fingerprint density at radius 1 is 1.19 bits per heavy atom. The molecular formula is C19H11Cl2N3O2S. The van der Waals surface area contributed by atoms with Crippen molar-refractivity contribution in [3.8, 4) is 28.8 Å². The number of hydrogen-bond acceptors (Lipinski definition) is 6. The summed E-state index contributed by atoms with van der Waals surface area (Å²) in [5, 5.41) is 16.1. The average Bonchev–Trinajstić information content (AvgIpc) is 3.31. The third-order valence-electron chi connectivity index (χ3n) is 3.82. The molecule has 0 amide bonds. The van der Waals surface area contributed by atoms with Crippen LogP contribution in [0.3, 0.4) is 0 Å². The number of nitrogens with one attached hydrogen (secondary N) is 1. The Balaban J connectivity index is 1.57. The van der Waals surface area contributed by atoms with E-state index in [-0.39, 0.29) is 6.79 Å². The molecule has 1 aromatic heterocycles. The number of anilines is 1. The van der Waals surface area contributed by atoms with Gasteiger partial charge in [0.2, 0.25) is 6.79 Å². The molecule has 8 heteroatoms. The molecule has 0 saturated carbocycles. The maximum atomic E-state index is 9.50. The van der Waals surface area contributed by atoms with Gasteiger partial charge in [-0.25, -0.2) is 4.98 Å². The van der Waals surface area contributed by atoms with Crippen LogP contribution in [0.15, 0.2) is 48.0 Å². The van der Waals surface area contributed by atoms with E-state index >= 15 is 0 Å². The predicted octanol–water partition coefficient (Wildman–Crippen LogP) is 5.82. The number of allylic oxidation sites excluding steroid dienone is 1. The summed E-state index contributed by atoms with van der Waals surface area (Å²) < 4.78 is 10.6. The first-order valence-corrected chi connectivity index (χ1v) is 9.45. The fourth-order valence-corrected chi connectivity index (χ4v) is 3.79. The first-order chi connectivity index (χ1) is 13.1. The molecule has 0 aliphatic carbocycles. The van der Waals surface area contributed by atoms with E-state index in [1.165, 1.54) is 11.3 Å².